The smallest absolute Gasteiger partial charge is 0.227 e. The number of aromatic nitrogens is 3. The van der Waals surface area contributed by atoms with Crippen LogP contribution in [0.25, 0.3) is 10.9 Å². The van der Waals surface area contributed by atoms with Gasteiger partial charge in [-0.15, -0.1) is 0 Å². The summed E-state index contributed by atoms with van der Waals surface area (Å²) in [6.45, 7) is 0. The zero-order valence-electron chi connectivity index (χ0n) is 11.1. The van der Waals surface area contributed by atoms with Crippen LogP contribution in [-0.2, 0) is 5.75 Å². The fourth-order valence-corrected chi connectivity index (χ4v) is 2.40. The van der Waals surface area contributed by atoms with Crippen LogP contribution in [-0.4, -0.2) is 21.2 Å². The van der Waals surface area contributed by atoms with Gasteiger partial charge in [0, 0.05) is 29.2 Å². The Morgan fingerprint density at radius 1 is 1.15 bits per heavy atom. The first-order valence-electron chi connectivity index (χ1n) is 6.28. The van der Waals surface area contributed by atoms with Crippen molar-refractivity contribution < 1.29 is 0 Å². The molecule has 1 aromatic carbocycles. The molecular formula is C15H14N4S. The van der Waals surface area contributed by atoms with E-state index in [-0.39, 0.29) is 0 Å². The van der Waals surface area contributed by atoms with Gasteiger partial charge in [-0.3, -0.25) is 4.98 Å². The SMILES string of the molecule is CSCc1cc(Nc2ncc3ccccc3n2)ccn1. The normalized spacial score (nSPS) is 10.7. The fourth-order valence-electron chi connectivity index (χ4n) is 1.94. The summed E-state index contributed by atoms with van der Waals surface area (Å²) in [5.41, 5.74) is 2.94. The number of para-hydroxylation sites is 1. The van der Waals surface area contributed by atoms with Gasteiger partial charge in [0.25, 0.3) is 0 Å². The first kappa shape index (κ1) is 12.9. The van der Waals surface area contributed by atoms with Gasteiger partial charge >= 0.3 is 0 Å². The van der Waals surface area contributed by atoms with E-state index in [9.17, 15) is 0 Å². The summed E-state index contributed by atoms with van der Waals surface area (Å²) in [6, 6.07) is 11.9. The van der Waals surface area contributed by atoms with E-state index in [0.29, 0.717) is 5.95 Å². The molecule has 5 heteroatoms. The maximum absolute atomic E-state index is 4.50. The number of fused-ring (bicyclic) bond motifs is 1. The maximum atomic E-state index is 4.50. The molecule has 0 aliphatic carbocycles. The van der Waals surface area contributed by atoms with Crippen LogP contribution in [0.2, 0.25) is 0 Å². The Labute approximate surface area is 121 Å². The summed E-state index contributed by atoms with van der Waals surface area (Å²) < 4.78 is 0. The van der Waals surface area contributed by atoms with Crippen LogP contribution in [0.5, 0.6) is 0 Å². The van der Waals surface area contributed by atoms with Crippen LogP contribution < -0.4 is 5.32 Å². The molecule has 100 valence electrons. The topological polar surface area (TPSA) is 50.7 Å². The van der Waals surface area contributed by atoms with Gasteiger partial charge in [-0.2, -0.15) is 11.8 Å². The summed E-state index contributed by atoms with van der Waals surface area (Å²) in [6.07, 6.45) is 5.69. The highest BCUT2D eigenvalue weighted by Gasteiger charge is 2.01. The maximum Gasteiger partial charge on any atom is 0.227 e. The van der Waals surface area contributed by atoms with Gasteiger partial charge in [0.15, 0.2) is 0 Å². The molecule has 0 saturated heterocycles. The van der Waals surface area contributed by atoms with Gasteiger partial charge in [0.1, 0.15) is 0 Å². The van der Waals surface area contributed by atoms with Crippen molar-refractivity contribution in [3.8, 4) is 0 Å². The lowest BCUT2D eigenvalue weighted by Gasteiger charge is -2.06. The van der Waals surface area contributed by atoms with Crippen LogP contribution in [0.1, 0.15) is 5.69 Å². The summed E-state index contributed by atoms with van der Waals surface area (Å²) in [4.78, 5) is 13.1. The number of hydrogen-bond donors (Lipinski definition) is 1. The highest BCUT2D eigenvalue weighted by Crippen LogP contribution is 2.17. The minimum atomic E-state index is 0.602. The fraction of sp³-hybridized carbons (Fsp3) is 0.133. The number of benzene rings is 1. The second-order valence-corrected chi connectivity index (χ2v) is 5.21. The van der Waals surface area contributed by atoms with Crippen LogP contribution in [0.4, 0.5) is 11.6 Å². The van der Waals surface area contributed by atoms with Crippen molar-refractivity contribution >= 4 is 34.3 Å². The lowest BCUT2D eigenvalue weighted by molar-refractivity contribution is 1.16. The lowest BCUT2D eigenvalue weighted by Crippen LogP contribution is -1.98. The number of rotatable bonds is 4. The van der Waals surface area contributed by atoms with Gasteiger partial charge < -0.3 is 5.32 Å². The van der Waals surface area contributed by atoms with Gasteiger partial charge in [0.05, 0.1) is 11.2 Å². The van der Waals surface area contributed by atoms with Gasteiger partial charge in [-0.05, 0) is 24.5 Å². The molecule has 0 atom stereocenters. The minimum absolute atomic E-state index is 0.602. The Morgan fingerprint density at radius 3 is 2.95 bits per heavy atom. The van der Waals surface area contributed by atoms with Crippen molar-refractivity contribution in [3.05, 3.63) is 54.5 Å². The van der Waals surface area contributed by atoms with Crippen molar-refractivity contribution in [2.75, 3.05) is 11.6 Å². The molecule has 0 saturated carbocycles. The van der Waals surface area contributed by atoms with E-state index >= 15 is 0 Å². The summed E-state index contributed by atoms with van der Waals surface area (Å²) in [5.74, 6) is 1.50. The van der Waals surface area contributed by atoms with Crippen LogP contribution in [0.15, 0.2) is 48.8 Å². The van der Waals surface area contributed by atoms with E-state index < -0.39 is 0 Å². The third-order valence-corrected chi connectivity index (χ3v) is 3.44. The molecule has 2 aromatic heterocycles. The largest absolute Gasteiger partial charge is 0.324 e. The van der Waals surface area contributed by atoms with E-state index in [2.05, 4.69) is 26.5 Å². The molecule has 0 amide bonds. The van der Waals surface area contributed by atoms with Gasteiger partial charge in [-0.25, -0.2) is 9.97 Å². The van der Waals surface area contributed by atoms with E-state index in [4.69, 9.17) is 0 Å². The first-order chi connectivity index (χ1) is 9.85. The number of anilines is 2. The third-order valence-electron chi connectivity index (χ3n) is 2.85. The Balaban J connectivity index is 1.87. The summed E-state index contributed by atoms with van der Waals surface area (Å²) >= 11 is 1.75. The third kappa shape index (κ3) is 2.88. The Bertz CT molecular complexity index is 730. The Hall–Kier alpha value is -2.14. The zero-order valence-corrected chi connectivity index (χ0v) is 11.9. The number of thioether (sulfide) groups is 1. The molecule has 0 spiro atoms. The molecule has 3 aromatic rings. The number of hydrogen-bond acceptors (Lipinski definition) is 5. The first-order valence-corrected chi connectivity index (χ1v) is 7.67. The van der Waals surface area contributed by atoms with E-state index in [0.717, 1.165) is 28.0 Å². The van der Waals surface area contributed by atoms with Crippen molar-refractivity contribution in [2.24, 2.45) is 0 Å². The van der Waals surface area contributed by atoms with Crippen molar-refractivity contribution in [1.29, 1.82) is 0 Å². The number of nitrogens with one attached hydrogen (secondary N) is 1. The zero-order chi connectivity index (χ0) is 13.8. The minimum Gasteiger partial charge on any atom is -0.324 e. The van der Waals surface area contributed by atoms with Crippen LogP contribution in [0.3, 0.4) is 0 Å². The molecule has 0 bridgehead atoms. The van der Waals surface area contributed by atoms with Crippen molar-refractivity contribution in [3.63, 3.8) is 0 Å². The second kappa shape index (κ2) is 5.88. The quantitative estimate of drug-likeness (QED) is 0.792. The van der Waals surface area contributed by atoms with E-state index in [1.54, 1.807) is 18.0 Å². The molecule has 3 rings (SSSR count). The highest BCUT2D eigenvalue weighted by molar-refractivity contribution is 7.97. The molecule has 4 nitrogen and oxygen atoms in total. The molecule has 2 heterocycles. The van der Waals surface area contributed by atoms with E-state index in [1.807, 2.05) is 42.6 Å². The van der Waals surface area contributed by atoms with E-state index in [1.165, 1.54) is 0 Å². The van der Waals surface area contributed by atoms with Gasteiger partial charge in [0.2, 0.25) is 5.95 Å². The van der Waals surface area contributed by atoms with Crippen LogP contribution in [0, 0.1) is 0 Å². The molecule has 20 heavy (non-hydrogen) atoms. The molecule has 0 radical (unpaired) electrons. The Kier molecular flexibility index (Phi) is 3.78. The van der Waals surface area contributed by atoms with Crippen molar-refractivity contribution in [2.45, 2.75) is 5.75 Å². The average Bonchev–Trinajstić information content (AvgIpc) is 2.48. The second-order valence-electron chi connectivity index (χ2n) is 4.35. The Morgan fingerprint density at radius 2 is 2.05 bits per heavy atom. The van der Waals surface area contributed by atoms with Crippen molar-refractivity contribution in [1.82, 2.24) is 15.0 Å². The lowest BCUT2D eigenvalue weighted by atomic mass is 10.2. The summed E-state index contributed by atoms with van der Waals surface area (Å²) in [5, 5.41) is 4.26. The molecular weight excluding hydrogens is 268 g/mol. The predicted molar refractivity (Wildman–Crippen MR) is 84.3 cm³/mol. The molecule has 0 aliphatic rings. The monoisotopic (exact) mass is 282 g/mol. The predicted octanol–water partition coefficient (Wildman–Crippen LogP) is 3.63. The number of pyridine rings is 1. The molecule has 0 aliphatic heterocycles. The molecule has 0 fully saturated rings. The molecule has 0 unspecified atom stereocenters. The molecule has 1 N–H and O–H groups in total. The highest BCUT2D eigenvalue weighted by atomic mass is 32.2. The summed E-state index contributed by atoms with van der Waals surface area (Å²) in [7, 11) is 0. The number of nitrogens with zero attached hydrogens (tertiary/aromatic N) is 3. The average molecular weight is 282 g/mol. The van der Waals surface area contributed by atoms with Gasteiger partial charge in [-0.1, -0.05) is 18.2 Å². The standard InChI is InChI=1S/C15H14N4S/c1-20-10-13-8-12(6-7-16-13)18-15-17-9-11-4-2-3-5-14(11)19-15/h2-9H,10H2,1H3,(H,16,17,18,19). The van der Waals surface area contributed by atoms with Crippen LogP contribution >= 0.6 is 11.8 Å².